The quantitative estimate of drug-likeness (QED) is 0.233. The van der Waals surface area contributed by atoms with E-state index in [1.807, 2.05) is 0 Å². The number of hydrogen-bond acceptors (Lipinski definition) is 4. The summed E-state index contributed by atoms with van der Waals surface area (Å²) >= 11 is 0. The maximum atomic E-state index is 13.1. The topological polar surface area (TPSA) is 84.5 Å². The van der Waals surface area contributed by atoms with E-state index >= 15 is 0 Å². The van der Waals surface area contributed by atoms with E-state index in [2.05, 4.69) is 10.0 Å². The van der Waals surface area contributed by atoms with Gasteiger partial charge < -0.3 is 10.1 Å². The Morgan fingerprint density at radius 1 is 0.825 bits per heavy atom. The van der Waals surface area contributed by atoms with Gasteiger partial charge in [-0.25, -0.2) is 13.1 Å². The minimum Gasteiger partial charge on any atom is -0.488 e. The largest absolute Gasteiger partial charge is 0.488 e. The third-order valence-corrected chi connectivity index (χ3v) is 7.57. The van der Waals surface area contributed by atoms with Gasteiger partial charge in [0.25, 0.3) is 5.91 Å². The Labute approximate surface area is 230 Å². The summed E-state index contributed by atoms with van der Waals surface area (Å²) in [7, 11) is -3.59. The molecule has 208 valence electrons. The molecule has 4 aromatic rings. The molecule has 10 heteroatoms. The van der Waals surface area contributed by atoms with E-state index in [-0.39, 0.29) is 23.6 Å². The van der Waals surface area contributed by atoms with Crippen molar-refractivity contribution in [2.45, 2.75) is 31.0 Å². The molecule has 0 aliphatic rings. The van der Waals surface area contributed by atoms with Crippen LogP contribution in [-0.2, 0) is 29.2 Å². The van der Waals surface area contributed by atoms with Crippen LogP contribution < -0.4 is 14.8 Å². The van der Waals surface area contributed by atoms with Crippen molar-refractivity contribution in [3.05, 3.63) is 125 Å². The fraction of sp³-hybridized carbons (Fsp3) is 0.167. The minimum atomic E-state index is -4.42. The van der Waals surface area contributed by atoms with E-state index in [0.717, 1.165) is 17.7 Å². The smallest absolute Gasteiger partial charge is 0.416 e. The van der Waals surface area contributed by atoms with Gasteiger partial charge in [-0.2, -0.15) is 13.2 Å². The van der Waals surface area contributed by atoms with Crippen molar-refractivity contribution in [2.24, 2.45) is 0 Å². The van der Waals surface area contributed by atoms with E-state index in [9.17, 15) is 26.4 Å². The van der Waals surface area contributed by atoms with Crippen LogP contribution in [0.15, 0.2) is 102 Å². The van der Waals surface area contributed by atoms with Gasteiger partial charge in [-0.3, -0.25) is 4.79 Å². The highest BCUT2D eigenvalue weighted by Gasteiger charge is 2.30. The van der Waals surface area contributed by atoms with Gasteiger partial charge in [0.05, 0.1) is 16.0 Å². The molecule has 0 bridgehead atoms. The van der Waals surface area contributed by atoms with E-state index in [4.69, 9.17) is 4.74 Å². The summed E-state index contributed by atoms with van der Waals surface area (Å²) in [5.41, 5.74) is 2.19. The third-order valence-electron chi connectivity index (χ3n) is 6.09. The lowest BCUT2D eigenvalue weighted by Crippen LogP contribution is -2.25. The Morgan fingerprint density at radius 2 is 1.48 bits per heavy atom. The normalized spacial score (nSPS) is 11.7. The standard InChI is InChI=1S/C30H27F3N2O4S/c1-21-6-5-9-27(28(21)39-20-23-10-14-24(15-11-23)30(31,32)33)29(36)35-25-16-12-22(13-17-25)18-19-34-40(37,38)26-7-3-2-4-8-26/h2-17,34H,18-20H2,1H3,(H,35,36). The summed E-state index contributed by atoms with van der Waals surface area (Å²) in [6.45, 7) is 1.98. The molecule has 0 atom stereocenters. The van der Waals surface area contributed by atoms with Crippen molar-refractivity contribution in [2.75, 3.05) is 11.9 Å². The molecule has 2 N–H and O–H groups in total. The van der Waals surface area contributed by atoms with Crippen LogP contribution in [0.3, 0.4) is 0 Å². The first-order valence-corrected chi connectivity index (χ1v) is 13.8. The number of sulfonamides is 1. The molecule has 0 saturated heterocycles. The average molecular weight is 569 g/mol. The highest BCUT2D eigenvalue weighted by Crippen LogP contribution is 2.30. The van der Waals surface area contributed by atoms with Gasteiger partial charge in [-0.15, -0.1) is 0 Å². The number of alkyl halides is 3. The molecule has 0 aliphatic heterocycles. The van der Waals surface area contributed by atoms with Crippen LogP contribution >= 0.6 is 0 Å². The molecule has 0 radical (unpaired) electrons. The van der Waals surface area contributed by atoms with Gasteiger partial charge in [0, 0.05) is 12.2 Å². The van der Waals surface area contributed by atoms with E-state index in [0.29, 0.717) is 29.0 Å². The van der Waals surface area contributed by atoms with Crippen molar-refractivity contribution in [1.29, 1.82) is 0 Å². The zero-order valence-corrected chi connectivity index (χ0v) is 22.4. The fourth-order valence-electron chi connectivity index (χ4n) is 3.93. The first kappa shape index (κ1) is 28.8. The number of aryl methyl sites for hydroxylation is 1. The highest BCUT2D eigenvalue weighted by atomic mass is 32.2. The molecular weight excluding hydrogens is 541 g/mol. The third kappa shape index (κ3) is 7.49. The van der Waals surface area contributed by atoms with E-state index in [1.54, 1.807) is 67.6 Å². The molecule has 1 amide bonds. The number of carbonyl (C=O) groups excluding carboxylic acids is 1. The van der Waals surface area contributed by atoms with Crippen molar-refractivity contribution in [3.63, 3.8) is 0 Å². The number of ether oxygens (including phenoxy) is 1. The molecule has 40 heavy (non-hydrogen) atoms. The Kier molecular flexibility index (Phi) is 8.91. The van der Waals surface area contributed by atoms with Crippen molar-refractivity contribution in [3.8, 4) is 5.75 Å². The van der Waals surface area contributed by atoms with E-state index < -0.39 is 27.7 Å². The van der Waals surface area contributed by atoms with Crippen molar-refractivity contribution < 1.29 is 31.1 Å². The maximum absolute atomic E-state index is 13.1. The molecule has 0 aliphatic carbocycles. The zero-order valence-electron chi connectivity index (χ0n) is 21.5. The summed E-state index contributed by atoms with van der Waals surface area (Å²) in [5.74, 6) is -0.0725. The van der Waals surface area contributed by atoms with Crippen LogP contribution in [0, 0.1) is 6.92 Å². The number of anilines is 1. The van der Waals surface area contributed by atoms with Crippen LogP contribution in [0.5, 0.6) is 5.75 Å². The maximum Gasteiger partial charge on any atom is 0.416 e. The number of rotatable bonds is 10. The highest BCUT2D eigenvalue weighted by molar-refractivity contribution is 7.89. The lowest BCUT2D eigenvalue weighted by molar-refractivity contribution is -0.137. The van der Waals surface area contributed by atoms with Crippen LogP contribution in [0.1, 0.15) is 32.6 Å². The second kappa shape index (κ2) is 12.4. The predicted octanol–water partition coefficient (Wildman–Crippen LogP) is 6.37. The van der Waals surface area contributed by atoms with Gasteiger partial charge in [0.2, 0.25) is 10.0 Å². The summed E-state index contributed by atoms with van der Waals surface area (Å²) in [6, 6.07) is 24.9. The zero-order chi connectivity index (χ0) is 28.8. The number of halogens is 3. The van der Waals surface area contributed by atoms with Crippen LogP contribution in [0.4, 0.5) is 18.9 Å². The average Bonchev–Trinajstić information content (AvgIpc) is 2.93. The van der Waals surface area contributed by atoms with Crippen LogP contribution in [0.25, 0.3) is 0 Å². The summed E-state index contributed by atoms with van der Waals surface area (Å²) < 4.78 is 71.6. The Hall–Kier alpha value is -4.15. The second-order valence-electron chi connectivity index (χ2n) is 9.05. The molecule has 4 rings (SSSR count). The minimum absolute atomic E-state index is 0.00794. The SMILES string of the molecule is Cc1cccc(C(=O)Nc2ccc(CCNS(=O)(=O)c3ccccc3)cc2)c1OCc1ccc(C(F)(F)F)cc1. The molecule has 0 saturated carbocycles. The molecular formula is C30H27F3N2O4S. The van der Waals surface area contributed by atoms with Gasteiger partial charge in [-0.05, 0) is 72.5 Å². The fourth-order valence-corrected chi connectivity index (χ4v) is 4.99. The first-order valence-electron chi connectivity index (χ1n) is 12.4. The lowest BCUT2D eigenvalue weighted by atomic mass is 10.1. The molecule has 0 heterocycles. The van der Waals surface area contributed by atoms with Crippen LogP contribution in [-0.4, -0.2) is 20.9 Å². The van der Waals surface area contributed by atoms with Crippen LogP contribution in [0.2, 0.25) is 0 Å². The van der Waals surface area contributed by atoms with Crippen molar-refractivity contribution in [1.82, 2.24) is 4.72 Å². The summed E-state index contributed by atoms with van der Waals surface area (Å²) in [4.78, 5) is 13.3. The molecule has 4 aromatic carbocycles. The molecule has 0 unspecified atom stereocenters. The summed E-state index contributed by atoms with van der Waals surface area (Å²) in [5, 5.41) is 2.82. The van der Waals surface area contributed by atoms with Gasteiger partial charge in [0.15, 0.2) is 0 Å². The van der Waals surface area contributed by atoms with E-state index in [1.165, 1.54) is 24.3 Å². The lowest BCUT2D eigenvalue weighted by Gasteiger charge is -2.15. The van der Waals surface area contributed by atoms with Gasteiger partial charge in [0.1, 0.15) is 12.4 Å². The number of para-hydroxylation sites is 1. The predicted molar refractivity (Wildman–Crippen MR) is 147 cm³/mol. The Balaban J connectivity index is 1.35. The monoisotopic (exact) mass is 568 g/mol. The number of carbonyl (C=O) groups is 1. The number of amides is 1. The first-order chi connectivity index (χ1) is 19.0. The second-order valence-corrected chi connectivity index (χ2v) is 10.8. The van der Waals surface area contributed by atoms with Gasteiger partial charge >= 0.3 is 6.18 Å². The molecule has 0 aromatic heterocycles. The van der Waals surface area contributed by atoms with Crippen molar-refractivity contribution >= 4 is 21.6 Å². The Bertz CT molecular complexity index is 1560. The summed E-state index contributed by atoms with van der Waals surface area (Å²) in [6.07, 6.45) is -3.96. The number of hydrogen-bond donors (Lipinski definition) is 2. The number of benzene rings is 4. The Morgan fingerprint density at radius 3 is 2.12 bits per heavy atom. The van der Waals surface area contributed by atoms with Gasteiger partial charge in [-0.1, -0.05) is 54.6 Å². The number of nitrogens with one attached hydrogen (secondary N) is 2. The molecule has 0 spiro atoms. The molecule has 0 fully saturated rings. The molecule has 6 nitrogen and oxygen atoms in total.